The number of nitrogens with zero attached hydrogens (tertiary/aromatic N) is 1. The van der Waals surface area contributed by atoms with Gasteiger partial charge in [-0.2, -0.15) is 0 Å². The van der Waals surface area contributed by atoms with Crippen molar-refractivity contribution in [2.45, 2.75) is 50.0 Å². The molecule has 1 heterocycles. The molecule has 0 aliphatic heterocycles. The van der Waals surface area contributed by atoms with Crippen molar-refractivity contribution in [3.63, 3.8) is 0 Å². The molecule has 2 N–H and O–H groups in total. The summed E-state index contributed by atoms with van der Waals surface area (Å²) in [7, 11) is -1.78. The van der Waals surface area contributed by atoms with Gasteiger partial charge in [0.2, 0.25) is 0 Å². The average Bonchev–Trinajstić information content (AvgIpc) is 3.26. The molecule has 158 valence electrons. The molecule has 8 heteroatoms. The summed E-state index contributed by atoms with van der Waals surface area (Å²) in [6, 6.07) is 9.37. The third-order valence-corrected chi connectivity index (χ3v) is 7.57. The molecule has 0 radical (unpaired) electrons. The van der Waals surface area contributed by atoms with Crippen molar-refractivity contribution in [3.8, 4) is 0 Å². The summed E-state index contributed by atoms with van der Waals surface area (Å²) in [6.07, 6.45) is 7.15. The van der Waals surface area contributed by atoms with E-state index in [1.165, 1.54) is 53.0 Å². The molecule has 0 saturated heterocycles. The predicted molar refractivity (Wildman–Crippen MR) is 123 cm³/mol. The van der Waals surface area contributed by atoms with Gasteiger partial charge in [-0.05, 0) is 60.9 Å². The zero-order valence-electron chi connectivity index (χ0n) is 16.6. The van der Waals surface area contributed by atoms with Crippen LogP contribution in [0.15, 0.2) is 46.8 Å². The van der Waals surface area contributed by atoms with Crippen molar-refractivity contribution in [1.29, 1.82) is 0 Å². The van der Waals surface area contributed by atoms with Crippen molar-refractivity contribution in [1.82, 2.24) is 4.98 Å². The van der Waals surface area contributed by atoms with E-state index in [9.17, 15) is 8.60 Å². The number of rotatable bonds is 7. The van der Waals surface area contributed by atoms with Gasteiger partial charge >= 0.3 is 0 Å². The van der Waals surface area contributed by atoms with E-state index in [-0.39, 0.29) is 10.9 Å². The molecule has 1 aliphatic carbocycles. The number of nitrogens with one attached hydrogen (secondary N) is 2. The summed E-state index contributed by atoms with van der Waals surface area (Å²) < 4.78 is 29.9. The number of fused-ring (bicyclic) bond motifs is 1. The van der Waals surface area contributed by atoms with Crippen LogP contribution in [0.5, 0.6) is 0 Å². The maximum Gasteiger partial charge on any atom is 0.194 e. The van der Waals surface area contributed by atoms with Gasteiger partial charge < -0.3 is 5.32 Å². The van der Waals surface area contributed by atoms with Gasteiger partial charge in [-0.3, -0.25) is 4.72 Å². The first kappa shape index (κ1) is 21.3. The molecule has 0 amide bonds. The molecule has 0 fully saturated rings. The van der Waals surface area contributed by atoms with Gasteiger partial charge in [0, 0.05) is 11.6 Å². The van der Waals surface area contributed by atoms with Gasteiger partial charge in [-0.15, -0.1) is 11.3 Å². The third-order valence-electron chi connectivity index (χ3n) is 5.35. The van der Waals surface area contributed by atoms with Crippen molar-refractivity contribution in [3.05, 3.63) is 69.4 Å². The predicted octanol–water partition coefficient (Wildman–Crippen LogP) is 6.51. The molecule has 2 atom stereocenters. The summed E-state index contributed by atoms with van der Waals surface area (Å²) in [4.78, 5) is 4.01. The Morgan fingerprint density at radius 2 is 2.03 bits per heavy atom. The van der Waals surface area contributed by atoms with E-state index in [0.717, 1.165) is 19.3 Å². The normalized spacial score (nSPS) is 15.3. The Morgan fingerprint density at radius 1 is 1.23 bits per heavy atom. The van der Waals surface area contributed by atoms with Gasteiger partial charge in [0.15, 0.2) is 16.1 Å². The number of benzene rings is 2. The second-order valence-corrected chi connectivity index (χ2v) is 9.79. The first-order valence-corrected chi connectivity index (χ1v) is 12.4. The summed E-state index contributed by atoms with van der Waals surface area (Å²) in [5.74, 6) is -0.579. The highest BCUT2D eigenvalue weighted by atomic mass is 35.5. The topological polar surface area (TPSA) is 54.0 Å². The number of hydrogen-bond acceptors (Lipinski definition) is 4. The van der Waals surface area contributed by atoms with E-state index in [1.54, 1.807) is 11.6 Å². The highest BCUT2D eigenvalue weighted by Crippen LogP contribution is 2.33. The van der Waals surface area contributed by atoms with Crippen LogP contribution in [0.4, 0.5) is 15.2 Å². The standard InChI is InChI=1S/C22H23ClFN3OS2/c1-2-19(16-8-7-14-5-3-4-6-15(14)11-16)26-20-13-18(24)21(12-17(20)23)30(28)27-22-25-9-10-29-22/h7-13,19,26H,2-6H2,1H3,(H,25,27). The largest absolute Gasteiger partial charge is 0.377 e. The lowest BCUT2D eigenvalue weighted by molar-refractivity contribution is 0.595. The van der Waals surface area contributed by atoms with Crippen molar-refractivity contribution in [2.24, 2.45) is 0 Å². The Balaban J connectivity index is 1.54. The monoisotopic (exact) mass is 463 g/mol. The molecule has 1 aliphatic rings. The molecular weight excluding hydrogens is 441 g/mol. The van der Waals surface area contributed by atoms with Crippen molar-refractivity contribution in [2.75, 3.05) is 10.0 Å². The lowest BCUT2D eigenvalue weighted by Gasteiger charge is -2.23. The van der Waals surface area contributed by atoms with E-state index in [4.69, 9.17) is 11.6 Å². The molecule has 4 nitrogen and oxygen atoms in total. The maximum absolute atomic E-state index is 14.7. The summed E-state index contributed by atoms with van der Waals surface area (Å²) in [5.41, 5.74) is 4.51. The smallest absolute Gasteiger partial charge is 0.194 e. The molecular formula is C22H23ClFN3OS2. The summed E-state index contributed by atoms with van der Waals surface area (Å²) >= 11 is 7.72. The second-order valence-electron chi connectivity index (χ2n) is 7.31. The molecule has 0 spiro atoms. The van der Waals surface area contributed by atoms with Crippen LogP contribution < -0.4 is 10.0 Å². The minimum Gasteiger partial charge on any atom is -0.377 e. The quantitative estimate of drug-likeness (QED) is 0.419. The van der Waals surface area contributed by atoms with Crippen LogP contribution in [-0.4, -0.2) is 9.19 Å². The molecule has 0 saturated carbocycles. The van der Waals surface area contributed by atoms with E-state index in [0.29, 0.717) is 15.8 Å². The summed E-state index contributed by atoms with van der Waals surface area (Å²) in [5, 5.41) is 5.92. The number of halogens is 2. The first-order valence-electron chi connectivity index (χ1n) is 10.0. The molecule has 2 unspecified atom stereocenters. The Morgan fingerprint density at radius 3 is 2.77 bits per heavy atom. The Labute approximate surface area is 187 Å². The van der Waals surface area contributed by atoms with Crippen LogP contribution in [0.2, 0.25) is 5.02 Å². The molecule has 2 aromatic carbocycles. The molecule has 0 bridgehead atoms. The Hall–Kier alpha value is -1.96. The zero-order chi connectivity index (χ0) is 21.1. The Bertz CT molecular complexity index is 1060. The molecule has 4 rings (SSSR count). The highest BCUT2D eigenvalue weighted by Gasteiger charge is 2.19. The number of aryl methyl sites for hydroxylation is 2. The SMILES string of the molecule is CCC(Nc1cc(F)c(S(=O)Nc2nccs2)cc1Cl)c1ccc2c(c1)CCCC2. The fourth-order valence-electron chi connectivity index (χ4n) is 3.77. The lowest BCUT2D eigenvalue weighted by atomic mass is 9.88. The minimum absolute atomic E-state index is 0.00239. The highest BCUT2D eigenvalue weighted by molar-refractivity contribution is 7.86. The van der Waals surface area contributed by atoms with Crippen LogP contribution in [-0.2, 0) is 23.8 Å². The Kier molecular flexibility index (Phi) is 6.71. The number of anilines is 2. The fraction of sp³-hybridized carbons (Fsp3) is 0.318. The van der Waals surface area contributed by atoms with Crippen LogP contribution in [0.1, 0.15) is 48.9 Å². The van der Waals surface area contributed by atoms with Crippen LogP contribution in [0.3, 0.4) is 0 Å². The van der Waals surface area contributed by atoms with E-state index in [1.807, 2.05) is 0 Å². The van der Waals surface area contributed by atoms with Crippen molar-refractivity contribution < 1.29 is 8.60 Å². The van der Waals surface area contributed by atoms with Crippen LogP contribution >= 0.6 is 22.9 Å². The number of aromatic nitrogens is 1. The van der Waals surface area contributed by atoms with Gasteiger partial charge in [-0.25, -0.2) is 13.6 Å². The van der Waals surface area contributed by atoms with Gasteiger partial charge in [0.05, 0.1) is 21.6 Å². The van der Waals surface area contributed by atoms with E-state index in [2.05, 4.69) is 40.1 Å². The minimum atomic E-state index is -1.78. The third kappa shape index (κ3) is 4.68. The first-order chi connectivity index (χ1) is 14.5. The number of hydrogen-bond donors (Lipinski definition) is 2. The van der Waals surface area contributed by atoms with Gasteiger partial charge in [0.25, 0.3) is 0 Å². The number of thiazole rings is 1. The fourth-order valence-corrected chi connectivity index (χ4v) is 5.63. The van der Waals surface area contributed by atoms with E-state index < -0.39 is 16.8 Å². The summed E-state index contributed by atoms with van der Waals surface area (Å²) in [6.45, 7) is 2.09. The molecule has 30 heavy (non-hydrogen) atoms. The van der Waals surface area contributed by atoms with Gasteiger partial charge in [-0.1, -0.05) is 36.7 Å². The van der Waals surface area contributed by atoms with Crippen LogP contribution in [0.25, 0.3) is 0 Å². The molecule has 3 aromatic rings. The molecule has 1 aromatic heterocycles. The van der Waals surface area contributed by atoms with Crippen LogP contribution in [0, 0.1) is 5.82 Å². The van der Waals surface area contributed by atoms with Crippen molar-refractivity contribution >= 4 is 44.7 Å². The average molecular weight is 464 g/mol. The van der Waals surface area contributed by atoms with E-state index >= 15 is 0 Å². The second kappa shape index (κ2) is 9.45. The maximum atomic E-state index is 14.7. The van der Waals surface area contributed by atoms with Gasteiger partial charge in [0.1, 0.15) is 5.82 Å². The zero-order valence-corrected chi connectivity index (χ0v) is 19.0. The lowest BCUT2D eigenvalue weighted by Crippen LogP contribution is -2.13.